The highest BCUT2D eigenvalue weighted by molar-refractivity contribution is 5.70. The van der Waals surface area contributed by atoms with Gasteiger partial charge in [-0.1, -0.05) is 18.2 Å². The molecule has 0 bridgehead atoms. The molecule has 1 aliphatic heterocycles. The fourth-order valence-corrected chi connectivity index (χ4v) is 3.62. The van der Waals surface area contributed by atoms with Gasteiger partial charge >= 0.3 is 12.1 Å². The van der Waals surface area contributed by atoms with Crippen molar-refractivity contribution in [1.29, 1.82) is 0 Å². The lowest BCUT2D eigenvalue weighted by molar-refractivity contribution is -0.142. The van der Waals surface area contributed by atoms with Crippen LogP contribution in [0.5, 0.6) is 17.2 Å². The van der Waals surface area contributed by atoms with Crippen LogP contribution in [0.2, 0.25) is 0 Å². The number of fused-ring (bicyclic) bond motifs is 1. The van der Waals surface area contributed by atoms with Crippen LogP contribution in [0.4, 0.5) is 13.2 Å². The van der Waals surface area contributed by atoms with Gasteiger partial charge < -0.3 is 19.3 Å². The summed E-state index contributed by atoms with van der Waals surface area (Å²) in [7, 11) is 1.48. The van der Waals surface area contributed by atoms with Crippen LogP contribution in [0.15, 0.2) is 42.5 Å². The van der Waals surface area contributed by atoms with E-state index < -0.39 is 24.3 Å². The molecule has 0 saturated heterocycles. The molecule has 0 aliphatic carbocycles. The first-order valence-corrected chi connectivity index (χ1v) is 9.63. The van der Waals surface area contributed by atoms with Gasteiger partial charge in [-0.25, -0.2) is 0 Å². The van der Waals surface area contributed by atoms with Gasteiger partial charge in [0.2, 0.25) is 6.79 Å². The average molecular weight is 448 g/mol. The van der Waals surface area contributed by atoms with Crippen LogP contribution in [0, 0.1) is 0 Å². The first kappa shape index (κ1) is 21.5. The van der Waals surface area contributed by atoms with Crippen molar-refractivity contribution in [3.05, 3.63) is 70.5 Å². The van der Waals surface area contributed by atoms with Crippen molar-refractivity contribution in [3.8, 4) is 17.2 Å². The minimum atomic E-state index is -4.75. The van der Waals surface area contributed by atoms with Crippen LogP contribution in [0.1, 0.15) is 28.1 Å². The zero-order chi connectivity index (χ0) is 22.9. The molecule has 0 fully saturated rings. The first-order chi connectivity index (χ1) is 15.2. The van der Waals surface area contributed by atoms with Gasteiger partial charge in [-0.2, -0.15) is 18.3 Å². The summed E-state index contributed by atoms with van der Waals surface area (Å²) in [5, 5.41) is 13.2. The van der Waals surface area contributed by atoms with E-state index in [4.69, 9.17) is 14.2 Å². The van der Waals surface area contributed by atoms with Crippen molar-refractivity contribution in [2.24, 2.45) is 0 Å². The van der Waals surface area contributed by atoms with E-state index in [1.165, 1.54) is 7.11 Å². The van der Waals surface area contributed by atoms with Crippen molar-refractivity contribution >= 4 is 5.97 Å². The molecule has 0 atom stereocenters. The summed E-state index contributed by atoms with van der Waals surface area (Å²) < 4.78 is 58.4. The number of methoxy groups -OCH3 is 1. The number of ether oxygens (including phenoxy) is 3. The number of alkyl halides is 3. The highest BCUT2D eigenvalue weighted by Crippen LogP contribution is 2.37. The minimum Gasteiger partial charge on any atom is -0.497 e. The van der Waals surface area contributed by atoms with Gasteiger partial charge in [0.05, 0.1) is 25.8 Å². The molecule has 2 aromatic carbocycles. The Labute approximate surface area is 180 Å². The third-order valence-corrected chi connectivity index (χ3v) is 5.04. The van der Waals surface area contributed by atoms with E-state index >= 15 is 0 Å². The van der Waals surface area contributed by atoms with Gasteiger partial charge in [-0.3, -0.25) is 9.48 Å². The number of nitrogens with zero attached hydrogens (tertiary/aromatic N) is 2. The lowest BCUT2D eigenvalue weighted by Gasteiger charge is -2.10. The Bertz CT molecular complexity index is 1160. The highest BCUT2D eigenvalue weighted by atomic mass is 19.4. The molecule has 1 aromatic heterocycles. The molecule has 7 nitrogen and oxygen atoms in total. The van der Waals surface area contributed by atoms with Crippen LogP contribution < -0.4 is 14.2 Å². The van der Waals surface area contributed by atoms with E-state index in [-0.39, 0.29) is 31.0 Å². The SMILES string of the molecule is COc1cccc(Cn2nc(C(F)(F)F)c(Cc3ccc4c(c3)OCO4)c2CC(=O)O)c1. The van der Waals surface area contributed by atoms with Crippen molar-refractivity contribution in [1.82, 2.24) is 9.78 Å². The number of aromatic nitrogens is 2. The van der Waals surface area contributed by atoms with E-state index in [1.54, 1.807) is 42.5 Å². The molecule has 0 spiro atoms. The number of aliphatic carboxylic acids is 1. The monoisotopic (exact) mass is 448 g/mol. The first-order valence-electron chi connectivity index (χ1n) is 9.63. The molecule has 1 aliphatic rings. The molecule has 4 rings (SSSR count). The second kappa shape index (κ2) is 8.45. The van der Waals surface area contributed by atoms with Crippen LogP contribution in [0.3, 0.4) is 0 Å². The van der Waals surface area contributed by atoms with Crippen molar-refractivity contribution < 1.29 is 37.3 Å². The van der Waals surface area contributed by atoms with E-state index in [1.807, 2.05) is 0 Å². The van der Waals surface area contributed by atoms with Crippen molar-refractivity contribution in [2.45, 2.75) is 25.6 Å². The predicted octanol–water partition coefficient (Wildman–Crippen LogP) is 3.91. The molecular formula is C22H19F3N2O5. The molecular weight excluding hydrogens is 429 g/mol. The molecule has 32 heavy (non-hydrogen) atoms. The largest absolute Gasteiger partial charge is 0.497 e. The Morgan fingerprint density at radius 2 is 1.94 bits per heavy atom. The molecule has 0 unspecified atom stereocenters. The Morgan fingerprint density at radius 3 is 2.66 bits per heavy atom. The summed E-state index contributed by atoms with van der Waals surface area (Å²) in [5.74, 6) is 0.215. The summed E-state index contributed by atoms with van der Waals surface area (Å²) in [6.45, 7) is -0.000640. The van der Waals surface area contributed by atoms with Gasteiger partial charge in [0.15, 0.2) is 17.2 Å². The van der Waals surface area contributed by atoms with E-state index in [2.05, 4.69) is 5.10 Å². The number of halogens is 3. The lowest BCUT2D eigenvalue weighted by Crippen LogP contribution is -2.12. The summed E-state index contributed by atoms with van der Waals surface area (Å²) >= 11 is 0. The fraction of sp³-hybridized carbons (Fsp3) is 0.273. The molecule has 168 valence electrons. The number of carboxylic acids is 1. The van der Waals surface area contributed by atoms with Crippen LogP contribution in [-0.4, -0.2) is 34.8 Å². The number of rotatable bonds is 7. The predicted molar refractivity (Wildman–Crippen MR) is 106 cm³/mol. The number of benzene rings is 2. The molecule has 0 amide bonds. The zero-order valence-corrected chi connectivity index (χ0v) is 17.0. The van der Waals surface area contributed by atoms with E-state index in [0.29, 0.717) is 28.4 Å². The quantitative estimate of drug-likeness (QED) is 0.590. The van der Waals surface area contributed by atoms with Crippen LogP contribution in [0.25, 0.3) is 0 Å². The summed E-state index contributed by atoms with van der Waals surface area (Å²) in [5.41, 5.74) is -0.143. The smallest absolute Gasteiger partial charge is 0.435 e. The maximum atomic E-state index is 13.9. The second-order valence-corrected chi connectivity index (χ2v) is 7.22. The average Bonchev–Trinajstić information content (AvgIpc) is 3.33. The number of carbonyl (C=O) groups is 1. The Hall–Kier alpha value is -3.69. The summed E-state index contributed by atoms with van der Waals surface area (Å²) in [4.78, 5) is 11.5. The fourth-order valence-electron chi connectivity index (χ4n) is 3.62. The highest BCUT2D eigenvalue weighted by Gasteiger charge is 2.39. The second-order valence-electron chi connectivity index (χ2n) is 7.22. The van der Waals surface area contributed by atoms with Crippen LogP contribution in [-0.2, 0) is 30.4 Å². The third-order valence-electron chi connectivity index (χ3n) is 5.04. The van der Waals surface area contributed by atoms with E-state index in [0.717, 1.165) is 4.68 Å². The third kappa shape index (κ3) is 4.48. The Balaban J connectivity index is 1.78. The topological polar surface area (TPSA) is 82.8 Å². The van der Waals surface area contributed by atoms with Crippen molar-refractivity contribution in [2.75, 3.05) is 13.9 Å². The van der Waals surface area contributed by atoms with Crippen LogP contribution >= 0.6 is 0 Å². The lowest BCUT2D eigenvalue weighted by atomic mass is 10.0. The Morgan fingerprint density at radius 1 is 1.16 bits per heavy atom. The zero-order valence-electron chi connectivity index (χ0n) is 17.0. The molecule has 3 aromatic rings. The van der Waals surface area contributed by atoms with Gasteiger partial charge in [-0.05, 0) is 35.4 Å². The molecule has 1 N–H and O–H groups in total. The van der Waals surface area contributed by atoms with Gasteiger partial charge in [0.25, 0.3) is 0 Å². The summed E-state index contributed by atoms with van der Waals surface area (Å²) in [6.07, 6.45) is -5.52. The minimum absolute atomic E-state index is 0.00897. The van der Waals surface area contributed by atoms with Crippen molar-refractivity contribution in [3.63, 3.8) is 0 Å². The number of hydrogen-bond acceptors (Lipinski definition) is 5. The number of carboxylic acid groups (broad SMARTS) is 1. The van der Waals surface area contributed by atoms with E-state index in [9.17, 15) is 23.1 Å². The maximum Gasteiger partial charge on any atom is 0.435 e. The number of hydrogen-bond donors (Lipinski definition) is 1. The standard InChI is InChI=1S/C22H19F3N2O5/c1-30-15-4-2-3-14(7-15)11-27-17(10-20(28)29)16(21(26-27)22(23,24)25)8-13-5-6-18-19(9-13)32-12-31-18/h2-7,9H,8,10-12H2,1H3,(H,28,29). The summed E-state index contributed by atoms with van der Waals surface area (Å²) in [6, 6.07) is 11.6. The molecule has 2 heterocycles. The molecule has 0 radical (unpaired) electrons. The van der Waals surface area contributed by atoms with Gasteiger partial charge in [0.1, 0.15) is 5.75 Å². The molecule has 10 heteroatoms. The van der Waals surface area contributed by atoms with Gasteiger partial charge in [0, 0.05) is 12.0 Å². The normalized spacial score (nSPS) is 12.8. The maximum absolute atomic E-state index is 13.9. The Kier molecular flexibility index (Phi) is 5.68. The molecule has 0 saturated carbocycles. The van der Waals surface area contributed by atoms with Gasteiger partial charge in [-0.15, -0.1) is 0 Å².